The molecule has 0 aliphatic carbocycles. The van der Waals surface area contributed by atoms with Crippen LogP contribution in [0.1, 0.15) is 24.5 Å². The predicted molar refractivity (Wildman–Crippen MR) is 113 cm³/mol. The maximum Gasteiger partial charge on any atom is 0.228 e. The molecule has 0 saturated heterocycles. The Morgan fingerprint density at radius 3 is 2.14 bits per heavy atom. The summed E-state index contributed by atoms with van der Waals surface area (Å²) in [6.07, 6.45) is 0.674. The van der Waals surface area contributed by atoms with E-state index in [2.05, 4.69) is 5.32 Å². The van der Waals surface area contributed by atoms with E-state index in [9.17, 15) is 9.59 Å². The molecule has 3 aromatic carbocycles. The van der Waals surface area contributed by atoms with Crippen molar-refractivity contribution in [2.75, 3.05) is 10.2 Å². The number of benzene rings is 3. The Kier molecular flexibility index (Phi) is 6.58. The highest BCUT2D eigenvalue weighted by Gasteiger charge is 2.15. The molecule has 0 aliphatic heterocycles. The smallest absolute Gasteiger partial charge is 0.228 e. The zero-order chi connectivity index (χ0) is 19.8. The molecule has 4 heteroatoms. The van der Waals surface area contributed by atoms with Crippen LogP contribution in [0.3, 0.4) is 0 Å². The maximum absolute atomic E-state index is 12.5. The first-order valence-electron chi connectivity index (χ1n) is 9.44. The van der Waals surface area contributed by atoms with Crippen molar-refractivity contribution in [1.82, 2.24) is 0 Å². The van der Waals surface area contributed by atoms with E-state index in [1.54, 1.807) is 4.90 Å². The molecule has 3 aromatic rings. The topological polar surface area (TPSA) is 49.4 Å². The second-order valence-electron chi connectivity index (χ2n) is 6.58. The molecule has 0 aliphatic rings. The lowest BCUT2D eigenvalue weighted by Gasteiger charge is -2.23. The van der Waals surface area contributed by atoms with Gasteiger partial charge in [0.15, 0.2) is 0 Å². The standard InChI is InChI=1S/C24H24N2O2/c1-2-24(28)26(18-19-10-5-3-6-11-19)22-15-9-12-20(16-22)17-23(27)25-21-13-7-4-8-14-21/h3-16H,2,17-18H2,1H3,(H,25,27). The van der Waals surface area contributed by atoms with Gasteiger partial charge in [-0.1, -0.05) is 67.6 Å². The summed E-state index contributed by atoms with van der Waals surface area (Å²) in [4.78, 5) is 26.7. The van der Waals surface area contributed by atoms with Crippen molar-refractivity contribution in [1.29, 1.82) is 0 Å². The third kappa shape index (κ3) is 5.30. The number of anilines is 2. The van der Waals surface area contributed by atoms with Crippen LogP contribution >= 0.6 is 0 Å². The van der Waals surface area contributed by atoms with Gasteiger partial charge in [-0.15, -0.1) is 0 Å². The molecule has 0 heterocycles. The van der Waals surface area contributed by atoms with Crippen LogP contribution in [0, 0.1) is 0 Å². The number of rotatable bonds is 7. The van der Waals surface area contributed by atoms with Gasteiger partial charge in [0.2, 0.25) is 11.8 Å². The minimum Gasteiger partial charge on any atom is -0.326 e. The molecular weight excluding hydrogens is 348 g/mol. The fourth-order valence-electron chi connectivity index (χ4n) is 3.03. The summed E-state index contributed by atoms with van der Waals surface area (Å²) in [6.45, 7) is 2.37. The van der Waals surface area contributed by atoms with Crippen LogP contribution in [0.2, 0.25) is 0 Å². The molecule has 4 nitrogen and oxygen atoms in total. The van der Waals surface area contributed by atoms with Crippen molar-refractivity contribution >= 4 is 23.2 Å². The fraction of sp³-hybridized carbons (Fsp3) is 0.167. The Hall–Kier alpha value is -3.40. The van der Waals surface area contributed by atoms with Crippen LogP contribution in [0.25, 0.3) is 0 Å². The summed E-state index contributed by atoms with van der Waals surface area (Å²) >= 11 is 0. The summed E-state index contributed by atoms with van der Waals surface area (Å²) in [5, 5.41) is 2.89. The summed E-state index contributed by atoms with van der Waals surface area (Å²) in [5.74, 6) is -0.0329. The Balaban J connectivity index is 1.75. The molecule has 2 amide bonds. The SMILES string of the molecule is CCC(=O)N(Cc1ccccc1)c1cccc(CC(=O)Nc2ccccc2)c1. The van der Waals surface area contributed by atoms with E-state index in [1.807, 2.05) is 91.9 Å². The Labute approximate surface area is 165 Å². The van der Waals surface area contributed by atoms with Crippen molar-refractivity contribution in [3.63, 3.8) is 0 Å². The number of carbonyl (C=O) groups is 2. The predicted octanol–water partition coefficient (Wildman–Crippen LogP) is 4.81. The number of nitrogens with one attached hydrogen (secondary N) is 1. The van der Waals surface area contributed by atoms with Crippen molar-refractivity contribution in [2.45, 2.75) is 26.3 Å². The highest BCUT2D eigenvalue weighted by Crippen LogP contribution is 2.21. The van der Waals surface area contributed by atoms with E-state index >= 15 is 0 Å². The second kappa shape index (κ2) is 9.51. The Morgan fingerprint density at radius 2 is 1.46 bits per heavy atom. The zero-order valence-electron chi connectivity index (χ0n) is 16.0. The van der Waals surface area contributed by atoms with Crippen LogP contribution in [0.4, 0.5) is 11.4 Å². The highest BCUT2D eigenvalue weighted by molar-refractivity contribution is 5.94. The van der Waals surface area contributed by atoms with Gasteiger partial charge in [-0.25, -0.2) is 0 Å². The largest absolute Gasteiger partial charge is 0.326 e. The van der Waals surface area contributed by atoms with E-state index in [0.717, 1.165) is 22.5 Å². The average molecular weight is 372 g/mol. The van der Waals surface area contributed by atoms with E-state index in [-0.39, 0.29) is 18.2 Å². The third-order valence-electron chi connectivity index (χ3n) is 4.43. The van der Waals surface area contributed by atoms with Gasteiger partial charge in [-0.05, 0) is 35.4 Å². The molecule has 0 radical (unpaired) electrons. The number of para-hydroxylation sites is 1. The molecule has 0 aromatic heterocycles. The van der Waals surface area contributed by atoms with E-state index in [4.69, 9.17) is 0 Å². The number of carbonyl (C=O) groups excluding carboxylic acids is 2. The van der Waals surface area contributed by atoms with Crippen LogP contribution in [-0.4, -0.2) is 11.8 Å². The molecule has 0 saturated carbocycles. The number of nitrogens with zero attached hydrogens (tertiary/aromatic N) is 1. The Morgan fingerprint density at radius 1 is 0.821 bits per heavy atom. The summed E-state index contributed by atoms with van der Waals surface area (Å²) in [7, 11) is 0. The molecule has 0 fully saturated rings. The molecule has 0 atom stereocenters. The molecule has 3 rings (SSSR count). The van der Waals surface area contributed by atoms with Gasteiger partial charge in [0.25, 0.3) is 0 Å². The summed E-state index contributed by atoms with van der Waals surface area (Å²) in [6, 6.07) is 26.9. The van der Waals surface area contributed by atoms with Gasteiger partial charge < -0.3 is 10.2 Å². The zero-order valence-corrected chi connectivity index (χ0v) is 16.0. The van der Waals surface area contributed by atoms with Crippen LogP contribution in [-0.2, 0) is 22.6 Å². The van der Waals surface area contributed by atoms with Crippen LogP contribution < -0.4 is 10.2 Å². The van der Waals surface area contributed by atoms with E-state index in [0.29, 0.717) is 13.0 Å². The third-order valence-corrected chi connectivity index (χ3v) is 4.43. The maximum atomic E-state index is 12.5. The van der Waals surface area contributed by atoms with Gasteiger partial charge in [-0.2, -0.15) is 0 Å². The second-order valence-corrected chi connectivity index (χ2v) is 6.58. The first kappa shape index (κ1) is 19.4. The first-order chi connectivity index (χ1) is 13.7. The molecule has 28 heavy (non-hydrogen) atoms. The average Bonchev–Trinajstić information content (AvgIpc) is 2.73. The summed E-state index contributed by atoms with van der Waals surface area (Å²) in [5.41, 5.74) is 3.51. The normalized spacial score (nSPS) is 10.3. The fourth-order valence-corrected chi connectivity index (χ4v) is 3.03. The molecule has 0 unspecified atom stereocenters. The molecule has 142 valence electrons. The Bertz CT molecular complexity index is 924. The molecular formula is C24H24N2O2. The van der Waals surface area contributed by atoms with Gasteiger partial charge in [0.05, 0.1) is 13.0 Å². The van der Waals surface area contributed by atoms with Gasteiger partial charge in [0, 0.05) is 17.8 Å². The molecule has 0 bridgehead atoms. The highest BCUT2D eigenvalue weighted by atomic mass is 16.2. The van der Waals surface area contributed by atoms with Gasteiger partial charge in [0.1, 0.15) is 0 Å². The number of amides is 2. The number of hydrogen-bond donors (Lipinski definition) is 1. The lowest BCUT2D eigenvalue weighted by atomic mass is 10.1. The monoisotopic (exact) mass is 372 g/mol. The van der Waals surface area contributed by atoms with E-state index < -0.39 is 0 Å². The van der Waals surface area contributed by atoms with E-state index in [1.165, 1.54) is 0 Å². The van der Waals surface area contributed by atoms with Crippen LogP contribution in [0.15, 0.2) is 84.9 Å². The number of hydrogen-bond acceptors (Lipinski definition) is 2. The van der Waals surface area contributed by atoms with Crippen molar-refractivity contribution in [2.24, 2.45) is 0 Å². The minimum absolute atomic E-state index is 0.0507. The van der Waals surface area contributed by atoms with Gasteiger partial charge in [-0.3, -0.25) is 9.59 Å². The van der Waals surface area contributed by atoms with Crippen LogP contribution in [0.5, 0.6) is 0 Å². The van der Waals surface area contributed by atoms with Crippen molar-refractivity contribution < 1.29 is 9.59 Å². The quantitative estimate of drug-likeness (QED) is 0.647. The van der Waals surface area contributed by atoms with Crippen molar-refractivity contribution in [3.8, 4) is 0 Å². The molecule has 0 spiro atoms. The minimum atomic E-state index is -0.0835. The lowest BCUT2D eigenvalue weighted by Crippen LogP contribution is -2.29. The lowest BCUT2D eigenvalue weighted by molar-refractivity contribution is -0.118. The summed E-state index contributed by atoms with van der Waals surface area (Å²) < 4.78 is 0. The van der Waals surface area contributed by atoms with Gasteiger partial charge >= 0.3 is 0 Å². The first-order valence-corrected chi connectivity index (χ1v) is 9.44. The van der Waals surface area contributed by atoms with Crippen molar-refractivity contribution in [3.05, 3.63) is 96.1 Å². The molecule has 1 N–H and O–H groups in total.